The Kier molecular flexibility index (Phi) is 2.00. The van der Waals surface area contributed by atoms with Gasteiger partial charge in [-0.25, -0.2) is 4.79 Å². The maximum absolute atomic E-state index is 10.9. The van der Waals surface area contributed by atoms with Crippen LogP contribution in [0.3, 0.4) is 0 Å². The molecule has 72 valence electrons. The molecule has 0 aliphatic carbocycles. The SMILES string of the molecule is C/C=C/c1cc2oc(=O)[nH]c2cc1C. The zero-order valence-corrected chi connectivity index (χ0v) is 8.13. The third-order valence-electron chi connectivity index (χ3n) is 2.15. The van der Waals surface area contributed by atoms with Gasteiger partial charge in [-0.15, -0.1) is 0 Å². The van der Waals surface area contributed by atoms with Crippen LogP contribution in [0.5, 0.6) is 0 Å². The number of rotatable bonds is 1. The largest absolute Gasteiger partial charge is 0.417 e. The van der Waals surface area contributed by atoms with Gasteiger partial charge in [-0.1, -0.05) is 12.2 Å². The van der Waals surface area contributed by atoms with Gasteiger partial charge in [0.1, 0.15) is 0 Å². The van der Waals surface area contributed by atoms with Crippen LogP contribution in [0.4, 0.5) is 0 Å². The first-order valence-corrected chi connectivity index (χ1v) is 4.47. The summed E-state index contributed by atoms with van der Waals surface area (Å²) in [7, 11) is 0. The van der Waals surface area contributed by atoms with Crippen LogP contribution < -0.4 is 5.76 Å². The number of oxazole rings is 1. The van der Waals surface area contributed by atoms with Crippen LogP contribution in [0.25, 0.3) is 17.2 Å². The molecular formula is C11H11NO2. The van der Waals surface area contributed by atoms with Gasteiger partial charge >= 0.3 is 5.76 Å². The minimum Gasteiger partial charge on any atom is -0.408 e. The van der Waals surface area contributed by atoms with E-state index in [9.17, 15) is 4.79 Å². The van der Waals surface area contributed by atoms with Crippen LogP contribution in [0.1, 0.15) is 18.1 Å². The number of aromatic amines is 1. The molecule has 0 radical (unpaired) electrons. The third kappa shape index (κ3) is 1.37. The number of aromatic nitrogens is 1. The molecular weight excluding hydrogens is 178 g/mol. The Labute approximate surface area is 81.1 Å². The van der Waals surface area contributed by atoms with Crippen molar-refractivity contribution in [1.29, 1.82) is 0 Å². The lowest BCUT2D eigenvalue weighted by Gasteiger charge is -1.98. The summed E-state index contributed by atoms with van der Waals surface area (Å²) < 4.78 is 4.96. The molecule has 2 rings (SSSR count). The summed E-state index contributed by atoms with van der Waals surface area (Å²) in [5.41, 5.74) is 3.55. The second-order valence-electron chi connectivity index (χ2n) is 3.22. The van der Waals surface area contributed by atoms with E-state index in [1.165, 1.54) is 0 Å². The molecule has 2 aromatic rings. The summed E-state index contributed by atoms with van der Waals surface area (Å²) >= 11 is 0. The Hall–Kier alpha value is -1.77. The van der Waals surface area contributed by atoms with Gasteiger partial charge in [0.05, 0.1) is 5.52 Å². The van der Waals surface area contributed by atoms with E-state index in [-0.39, 0.29) is 0 Å². The number of benzene rings is 1. The molecule has 0 spiro atoms. The highest BCUT2D eigenvalue weighted by Crippen LogP contribution is 2.18. The highest BCUT2D eigenvalue weighted by molar-refractivity contribution is 5.77. The fourth-order valence-corrected chi connectivity index (χ4v) is 1.48. The zero-order valence-electron chi connectivity index (χ0n) is 8.13. The molecule has 3 heteroatoms. The number of allylic oxidation sites excluding steroid dienone is 1. The predicted octanol–water partition coefficient (Wildman–Crippen LogP) is 2.46. The van der Waals surface area contributed by atoms with Gasteiger partial charge < -0.3 is 4.42 Å². The quantitative estimate of drug-likeness (QED) is 0.749. The summed E-state index contributed by atoms with van der Waals surface area (Å²) in [6.45, 7) is 3.96. The first-order valence-electron chi connectivity index (χ1n) is 4.47. The average Bonchev–Trinajstić information content (AvgIpc) is 2.45. The van der Waals surface area contributed by atoms with Crippen LogP contribution in [0.15, 0.2) is 27.4 Å². The van der Waals surface area contributed by atoms with Gasteiger partial charge in [-0.2, -0.15) is 0 Å². The Morgan fingerprint density at radius 1 is 1.43 bits per heavy atom. The van der Waals surface area contributed by atoms with E-state index in [2.05, 4.69) is 4.98 Å². The first-order chi connectivity index (χ1) is 6.70. The van der Waals surface area contributed by atoms with Crippen molar-refractivity contribution < 1.29 is 4.42 Å². The molecule has 1 heterocycles. The van der Waals surface area contributed by atoms with Gasteiger partial charge in [-0.05, 0) is 37.1 Å². The first kappa shape index (κ1) is 8.81. The summed E-state index contributed by atoms with van der Waals surface area (Å²) in [5.74, 6) is -0.406. The normalized spacial score (nSPS) is 11.6. The Balaban J connectivity index is 2.75. The smallest absolute Gasteiger partial charge is 0.408 e. The molecule has 14 heavy (non-hydrogen) atoms. The van der Waals surface area contributed by atoms with E-state index >= 15 is 0 Å². The lowest BCUT2D eigenvalue weighted by Crippen LogP contribution is -1.92. The fourth-order valence-electron chi connectivity index (χ4n) is 1.48. The molecule has 0 saturated heterocycles. The highest BCUT2D eigenvalue weighted by atomic mass is 16.4. The molecule has 0 aliphatic heterocycles. The average molecular weight is 189 g/mol. The minimum absolute atomic E-state index is 0.406. The van der Waals surface area contributed by atoms with E-state index < -0.39 is 5.76 Å². The van der Waals surface area contributed by atoms with E-state index in [1.807, 2.05) is 38.1 Å². The van der Waals surface area contributed by atoms with E-state index in [0.717, 1.165) is 16.6 Å². The van der Waals surface area contributed by atoms with Crippen LogP contribution in [0.2, 0.25) is 0 Å². The fraction of sp³-hybridized carbons (Fsp3) is 0.182. The van der Waals surface area contributed by atoms with Crippen molar-refractivity contribution in [2.45, 2.75) is 13.8 Å². The monoisotopic (exact) mass is 189 g/mol. The molecule has 0 aliphatic rings. The second kappa shape index (κ2) is 3.18. The van der Waals surface area contributed by atoms with Crippen molar-refractivity contribution in [1.82, 2.24) is 4.98 Å². The minimum atomic E-state index is -0.406. The molecule has 1 aromatic heterocycles. The number of H-pyrrole nitrogens is 1. The summed E-state index contributed by atoms with van der Waals surface area (Å²) in [5, 5.41) is 0. The number of aryl methyl sites for hydroxylation is 1. The number of hydrogen-bond acceptors (Lipinski definition) is 2. The van der Waals surface area contributed by atoms with Crippen LogP contribution in [-0.4, -0.2) is 4.98 Å². The summed E-state index contributed by atoms with van der Waals surface area (Å²) in [6, 6.07) is 3.78. The van der Waals surface area contributed by atoms with Crippen LogP contribution in [0, 0.1) is 6.92 Å². The standard InChI is InChI=1S/C11H11NO2/c1-3-4-8-6-10-9(5-7(8)2)12-11(13)14-10/h3-6H,1-2H3,(H,12,13)/b4-3+. The van der Waals surface area contributed by atoms with E-state index in [1.54, 1.807) is 0 Å². The van der Waals surface area contributed by atoms with E-state index in [4.69, 9.17) is 4.42 Å². The third-order valence-corrected chi connectivity index (χ3v) is 2.15. The molecule has 0 fully saturated rings. The maximum atomic E-state index is 10.9. The van der Waals surface area contributed by atoms with Gasteiger partial charge in [-0.3, -0.25) is 4.98 Å². The number of hydrogen-bond donors (Lipinski definition) is 1. The van der Waals surface area contributed by atoms with Gasteiger partial charge in [0.15, 0.2) is 5.58 Å². The Morgan fingerprint density at radius 2 is 2.21 bits per heavy atom. The lowest BCUT2D eigenvalue weighted by molar-refractivity contribution is 0.555. The second-order valence-corrected chi connectivity index (χ2v) is 3.22. The number of nitrogens with one attached hydrogen (secondary N) is 1. The molecule has 0 saturated carbocycles. The van der Waals surface area contributed by atoms with Gasteiger partial charge in [0.2, 0.25) is 0 Å². The van der Waals surface area contributed by atoms with Crippen molar-refractivity contribution in [3.05, 3.63) is 39.9 Å². The Morgan fingerprint density at radius 3 is 2.93 bits per heavy atom. The lowest BCUT2D eigenvalue weighted by atomic mass is 10.1. The van der Waals surface area contributed by atoms with Crippen molar-refractivity contribution >= 4 is 17.2 Å². The van der Waals surface area contributed by atoms with Gasteiger partial charge in [0.25, 0.3) is 0 Å². The molecule has 0 amide bonds. The molecule has 0 unspecified atom stereocenters. The number of fused-ring (bicyclic) bond motifs is 1. The highest BCUT2D eigenvalue weighted by Gasteiger charge is 2.03. The molecule has 3 nitrogen and oxygen atoms in total. The van der Waals surface area contributed by atoms with Gasteiger partial charge in [0, 0.05) is 0 Å². The van der Waals surface area contributed by atoms with Crippen molar-refractivity contribution in [3.63, 3.8) is 0 Å². The van der Waals surface area contributed by atoms with Crippen molar-refractivity contribution in [3.8, 4) is 0 Å². The molecule has 1 N–H and O–H groups in total. The van der Waals surface area contributed by atoms with Crippen molar-refractivity contribution in [2.24, 2.45) is 0 Å². The predicted molar refractivity (Wildman–Crippen MR) is 56.3 cm³/mol. The van der Waals surface area contributed by atoms with E-state index in [0.29, 0.717) is 5.58 Å². The summed E-state index contributed by atoms with van der Waals surface area (Å²) in [4.78, 5) is 13.6. The molecule has 1 aromatic carbocycles. The Bertz CT molecular complexity index is 546. The zero-order chi connectivity index (χ0) is 10.1. The topological polar surface area (TPSA) is 46.0 Å². The van der Waals surface area contributed by atoms with Crippen molar-refractivity contribution in [2.75, 3.05) is 0 Å². The van der Waals surface area contributed by atoms with Crippen LogP contribution >= 0.6 is 0 Å². The molecule has 0 bridgehead atoms. The maximum Gasteiger partial charge on any atom is 0.417 e. The van der Waals surface area contributed by atoms with Crippen LogP contribution in [-0.2, 0) is 0 Å². The molecule has 0 atom stereocenters. The summed E-state index contributed by atoms with van der Waals surface area (Å²) in [6.07, 6.45) is 3.95.